The van der Waals surface area contributed by atoms with Gasteiger partial charge in [0.1, 0.15) is 6.04 Å². The minimum absolute atomic E-state index is 0.110. The lowest BCUT2D eigenvalue weighted by Gasteiger charge is -2.36. The zero-order chi connectivity index (χ0) is 17.6. The second kappa shape index (κ2) is 8.95. The Labute approximate surface area is 158 Å². The molecule has 4 nitrogen and oxygen atoms in total. The van der Waals surface area contributed by atoms with E-state index in [0.29, 0.717) is 13.0 Å². The van der Waals surface area contributed by atoms with E-state index in [0.717, 1.165) is 60.9 Å². The van der Waals surface area contributed by atoms with Crippen LogP contribution in [0.25, 0.3) is 0 Å². The highest BCUT2D eigenvalue weighted by Gasteiger charge is 2.35. The van der Waals surface area contributed by atoms with Crippen LogP contribution in [0.2, 0.25) is 5.02 Å². The van der Waals surface area contributed by atoms with Gasteiger partial charge in [0.2, 0.25) is 11.8 Å². The topological polar surface area (TPSA) is 40.6 Å². The molecule has 0 radical (unpaired) electrons. The Balaban J connectivity index is 1.53. The van der Waals surface area contributed by atoms with Gasteiger partial charge in [0.15, 0.2) is 0 Å². The second-order valence-electron chi connectivity index (χ2n) is 6.68. The van der Waals surface area contributed by atoms with Crippen LogP contribution in [-0.4, -0.2) is 53.0 Å². The summed E-state index contributed by atoms with van der Waals surface area (Å²) in [5.74, 6) is 0.997. The summed E-state index contributed by atoms with van der Waals surface area (Å²) in [5, 5.41) is 0.719. The number of likely N-dealkylation sites (tertiary alicyclic amines) is 2. The molecule has 25 heavy (non-hydrogen) atoms. The first-order valence-electron chi connectivity index (χ1n) is 9.12. The normalized spacial score (nSPS) is 20.8. The number of halogens is 1. The summed E-state index contributed by atoms with van der Waals surface area (Å²) in [7, 11) is 0. The molecule has 2 heterocycles. The zero-order valence-corrected chi connectivity index (χ0v) is 16.0. The fraction of sp³-hybridized carbons (Fsp3) is 0.579. The lowest BCUT2D eigenvalue weighted by Crippen LogP contribution is -2.52. The van der Waals surface area contributed by atoms with Crippen molar-refractivity contribution in [3.63, 3.8) is 0 Å². The van der Waals surface area contributed by atoms with Gasteiger partial charge in [0.25, 0.3) is 0 Å². The Morgan fingerprint density at radius 2 is 1.72 bits per heavy atom. The third kappa shape index (κ3) is 4.91. The number of piperidine rings is 1. The van der Waals surface area contributed by atoms with Crippen molar-refractivity contribution < 1.29 is 9.59 Å². The molecule has 2 saturated heterocycles. The lowest BCUT2D eigenvalue weighted by molar-refractivity contribution is -0.146. The van der Waals surface area contributed by atoms with Crippen LogP contribution in [0, 0.1) is 0 Å². The molecule has 1 unspecified atom stereocenters. The first-order chi connectivity index (χ1) is 12.1. The van der Waals surface area contributed by atoms with Crippen LogP contribution in [-0.2, 0) is 9.59 Å². The van der Waals surface area contributed by atoms with Crippen LogP contribution in [0.4, 0.5) is 0 Å². The Kier molecular flexibility index (Phi) is 6.65. The zero-order valence-electron chi connectivity index (χ0n) is 14.5. The number of hydrogen-bond donors (Lipinski definition) is 0. The van der Waals surface area contributed by atoms with Gasteiger partial charge in [0.05, 0.1) is 0 Å². The van der Waals surface area contributed by atoms with Gasteiger partial charge < -0.3 is 9.80 Å². The molecule has 1 aromatic rings. The van der Waals surface area contributed by atoms with Crippen molar-refractivity contribution in [2.24, 2.45) is 0 Å². The van der Waals surface area contributed by atoms with E-state index >= 15 is 0 Å². The van der Waals surface area contributed by atoms with Gasteiger partial charge in [-0.25, -0.2) is 0 Å². The smallest absolute Gasteiger partial charge is 0.245 e. The molecular weight excluding hydrogens is 356 g/mol. The van der Waals surface area contributed by atoms with Crippen molar-refractivity contribution in [2.75, 3.05) is 25.4 Å². The van der Waals surface area contributed by atoms with Gasteiger partial charge in [-0.2, -0.15) is 0 Å². The SMILES string of the molecule is O=C(C1CCCCN1C(=O)CCSc1ccc(Cl)cc1)N1CCCC1. The largest absolute Gasteiger partial charge is 0.341 e. The van der Waals surface area contributed by atoms with Crippen molar-refractivity contribution in [2.45, 2.75) is 49.5 Å². The van der Waals surface area contributed by atoms with E-state index in [1.807, 2.05) is 34.1 Å². The molecule has 1 aromatic carbocycles. The number of hydrogen-bond acceptors (Lipinski definition) is 3. The molecule has 0 spiro atoms. The summed E-state index contributed by atoms with van der Waals surface area (Å²) in [4.78, 5) is 30.3. The maximum Gasteiger partial charge on any atom is 0.245 e. The monoisotopic (exact) mass is 380 g/mol. The molecule has 136 valence electrons. The van der Waals surface area contributed by atoms with Crippen LogP contribution in [0.5, 0.6) is 0 Å². The fourth-order valence-corrected chi connectivity index (χ4v) is 4.53. The second-order valence-corrected chi connectivity index (χ2v) is 8.29. The number of benzene rings is 1. The third-order valence-electron chi connectivity index (χ3n) is 4.92. The number of carbonyl (C=O) groups is 2. The Bertz CT molecular complexity index is 602. The average Bonchev–Trinajstić information content (AvgIpc) is 3.17. The van der Waals surface area contributed by atoms with Crippen LogP contribution >= 0.6 is 23.4 Å². The Hall–Kier alpha value is -1.20. The molecule has 1 atom stereocenters. The number of carbonyl (C=O) groups excluding carboxylic acids is 2. The van der Waals surface area contributed by atoms with E-state index < -0.39 is 0 Å². The lowest BCUT2D eigenvalue weighted by atomic mass is 10.0. The third-order valence-corrected chi connectivity index (χ3v) is 6.19. The molecule has 2 aliphatic rings. The molecule has 0 N–H and O–H groups in total. The Morgan fingerprint density at radius 1 is 1.04 bits per heavy atom. The predicted molar refractivity (Wildman–Crippen MR) is 102 cm³/mol. The quantitative estimate of drug-likeness (QED) is 0.729. The number of rotatable bonds is 5. The highest BCUT2D eigenvalue weighted by Crippen LogP contribution is 2.24. The number of nitrogens with zero attached hydrogens (tertiary/aromatic N) is 2. The summed E-state index contributed by atoms with van der Waals surface area (Å²) >= 11 is 7.55. The molecule has 6 heteroatoms. The first kappa shape index (κ1) is 18.6. The van der Waals surface area contributed by atoms with E-state index in [9.17, 15) is 9.59 Å². The van der Waals surface area contributed by atoms with Crippen molar-refractivity contribution in [3.05, 3.63) is 29.3 Å². The molecule has 0 aliphatic carbocycles. The van der Waals surface area contributed by atoms with E-state index in [-0.39, 0.29) is 17.9 Å². The predicted octanol–water partition coefficient (Wildman–Crippen LogP) is 3.83. The van der Waals surface area contributed by atoms with E-state index in [1.165, 1.54) is 0 Å². The van der Waals surface area contributed by atoms with Crippen LogP contribution in [0.3, 0.4) is 0 Å². The van der Waals surface area contributed by atoms with Gasteiger partial charge >= 0.3 is 0 Å². The number of thioether (sulfide) groups is 1. The molecule has 0 bridgehead atoms. The van der Waals surface area contributed by atoms with E-state index in [4.69, 9.17) is 11.6 Å². The minimum atomic E-state index is -0.236. The standard InChI is InChI=1S/C19H25ClN2O2S/c20-15-6-8-16(9-7-15)25-14-10-18(23)22-13-2-1-5-17(22)19(24)21-11-3-4-12-21/h6-9,17H,1-5,10-14H2. The molecule has 0 aromatic heterocycles. The van der Waals surface area contributed by atoms with E-state index in [2.05, 4.69) is 0 Å². The summed E-state index contributed by atoms with van der Waals surface area (Å²) < 4.78 is 0. The molecule has 0 saturated carbocycles. The maximum atomic E-state index is 12.8. The van der Waals surface area contributed by atoms with Gasteiger partial charge in [-0.3, -0.25) is 9.59 Å². The minimum Gasteiger partial charge on any atom is -0.341 e. The fourth-order valence-electron chi connectivity index (χ4n) is 3.57. The van der Waals surface area contributed by atoms with Crippen molar-refractivity contribution in [1.29, 1.82) is 0 Å². The Morgan fingerprint density at radius 3 is 2.44 bits per heavy atom. The molecule has 2 fully saturated rings. The van der Waals surface area contributed by atoms with E-state index in [1.54, 1.807) is 11.8 Å². The highest BCUT2D eigenvalue weighted by atomic mass is 35.5. The summed E-state index contributed by atoms with van der Waals surface area (Å²) in [6, 6.07) is 7.43. The molecule has 3 rings (SSSR count). The van der Waals surface area contributed by atoms with Gasteiger partial charge in [0, 0.05) is 41.7 Å². The summed E-state index contributed by atoms with van der Waals surface area (Å²) in [6.07, 6.45) is 5.49. The maximum absolute atomic E-state index is 12.8. The molecule has 2 amide bonds. The van der Waals surface area contributed by atoms with Crippen LogP contribution in [0.1, 0.15) is 38.5 Å². The average molecular weight is 381 g/mol. The van der Waals surface area contributed by atoms with Crippen LogP contribution < -0.4 is 0 Å². The molecular formula is C19H25ClN2O2S. The highest BCUT2D eigenvalue weighted by molar-refractivity contribution is 7.99. The number of amides is 2. The van der Waals surface area contributed by atoms with Gasteiger partial charge in [-0.05, 0) is 56.4 Å². The van der Waals surface area contributed by atoms with Crippen molar-refractivity contribution in [1.82, 2.24) is 9.80 Å². The van der Waals surface area contributed by atoms with Crippen LogP contribution in [0.15, 0.2) is 29.2 Å². The van der Waals surface area contributed by atoms with Crippen molar-refractivity contribution >= 4 is 35.2 Å². The van der Waals surface area contributed by atoms with Gasteiger partial charge in [-0.1, -0.05) is 11.6 Å². The summed E-state index contributed by atoms with van der Waals surface area (Å²) in [5.41, 5.74) is 0. The molecule has 2 aliphatic heterocycles. The van der Waals surface area contributed by atoms with Gasteiger partial charge in [-0.15, -0.1) is 11.8 Å². The first-order valence-corrected chi connectivity index (χ1v) is 10.5. The van der Waals surface area contributed by atoms with Crippen molar-refractivity contribution in [3.8, 4) is 0 Å². The summed E-state index contributed by atoms with van der Waals surface area (Å²) in [6.45, 7) is 2.42.